The minimum atomic E-state index is -0.0217. The topological polar surface area (TPSA) is 54.8 Å². The molecule has 172 valence electrons. The summed E-state index contributed by atoms with van der Waals surface area (Å²) in [5, 5.41) is 4.32. The maximum absolute atomic E-state index is 5.81. The highest BCUT2D eigenvalue weighted by atomic mass is 32.1. The number of aryl methyl sites for hydroxylation is 1. The van der Waals surface area contributed by atoms with Crippen molar-refractivity contribution in [2.45, 2.75) is 25.9 Å². The van der Waals surface area contributed by atoms with E-state index in [4.69, 9.17) is 21.7 Å². The SMILES string of the molecule is Cc1cc([C@H]2[C@@H](c3ccccn3)NC(=S)N2CCN(C)C)c(C)n1-c1ccc2c(c1)OCO2. The van der Waals surface area contributed by atoms with E-state index in [2.05, 4.69) is 70.8 Å². The monoisotopic (exact) mass is 463 g/mol. The molecule has 2 aliphatic rings. The first-order chi connectivity index (χ1) is 15.9. The highest BCUT2D eigenvalue weighted by Crippen LogP contribution is 2.42. The van der Waals surface area contributed by atoms with Gasteiger partial charge in [-0.05, 0) is 76.1 Å². The summed E-state index contributed by atoms with van der Waals surface area (Å²) in [5.74, 6) is 1.57. The van der Waals surface area contributed by atoms with E-state index in [0.717, 1.165) is 46.8 Å². The molecule has 0 amide bonds. The minimum Gasteiger partial charge on any atom is -0.454 e. The zero-order valence-corrected chi connectivity index (χ0v) is 20.2. The Bertz CT molecular complexity index is 1180. The largest absolute Gasteiger partial charge is 0.454 e. The molecule has 8 heteroatoms. The molecule has 7 nitrogen and oxygen atoms in total. The number of hydrogen-bond acceptors (Lipinski definition) is 5. The van der Waals surface area contributed by atoms with E-state index in [1.807, 2.05) is 30.5 Å². The van der Waals surface area contributed by atoms with Gasteiger partial charge < -0.3 is 29.2 Å². The molecule has 0 saturated carbocycles. The molecule has 5 rings (SSSR count). The normalized spacial score (nSPS) is 19.4. The Morgan fingerprint density at radius 2 is 1.94 bits per heavy atom. The first-order valence-electron chi connectivity index (χ1n) is 11.2. The number of likely N-dealkylation sites (N-methyl/N-ethyl adjacent to an activating group) is 1. The smallest absolute Gasteiger partial charge is 0.231 e. The third-order valence-electron chi connectivity index (χ3n) is 6.39. The average molecular weight is 464 g/mol. The van der Waals surface area contributed by atoms with E-state index in [1.54, 1.807) is 0 Å². The van der Waals surface area contributed by atoms with E-state index in [9.17, 15) is 0 Å². The lowest BCUT2D eigenvalue weighted by Crippen LogP contribution is -2.35. The van der Waals surface area contributed by atoms with Crippen LogP contribution in [0.1, 0.15) is 34.7 Å². The Balaban J connectivity index is 1.58. The highest BCUT2D eigenvalue weighted by molar-refractivity contribution is 7.80. The number of nitrogens with zero attached hydrogens (tertiary/aromatic N) is 4. The first-order valence-corrected chi connectivity index (χ1v) is 11.6. The van der Waals surface area contributed by atoms with Gasteiger partial charge in [0, 0.05) is 42.4 Å². The van der Waals surface area contributed by atoms with Gasteiger partial charge in [-0.25, -0.2) is 0 Å². The molecule has 1 aromatic carbocycles. The molecule has 1 saturated heterocycles. The van der Waals surface area contributed by atoms with Gasteiger partial charge in [0.15, 0.2) is 16.6 Å². The van der Waals surface area contributed by atoms with Gasteiger partial charge in [0.05, 0.1) is 17.8 Å². The van der Waals surface area contributed by atoms with Crippen molar-refractivity contribution < 1.29 is 9.47 Å². The highest BCUT2D eigenvalue weighted by Gasteiger charge is 2.41. The fourth-order valence-corrected chi connectivity index (χ4v) is 5.13. The molecular weight excluding hydrogens is 434 g/mol. The lowest BCUT2D eigenvalue weighted by atomic mass is 9.96. The number of fused-ring (bicyclic) bond motifs is 1. The van der Waals surface area contributed by atoms with E-state index in [0.29, 0.717) is 0 Å². The lowest BCUT2D eigenvalue weighted by Gasteiger charge is -2.29. The Morgan fingerprint density at radius 3 is 2.70 bits per heavy atom. The molecule has 0 bridgehead atoms. The molecule has 0 unspecified atom stereocenters. The number of hydrogen-bond donors (Lipinski definition) is 1. The molecule has 3 aromatic rings. The quantitative estimate of drug-likeness (QED) is 0.559. The predicted molar refractivity (Wildman–Crippen MR) is 132 cm³/mol. The maximum Gasteiger partial charge on any atom is 0.231 e. The number of rotatable bonds is 6. The molecule has 1 N–H and O–H groups in total. The summed E-state index contributed by atoms with van der Waals surface area (Å²) in [6.07, 6.45) is 1.84. The Hall–Kier alpha value is -3.10. The molecule has 1 fully saturated rings. The third-order valence-corrected chi connectivity index (χ3v) is 6.74. The van der Waals surface area contributed by atoms with Crippen molar-refractivity contribution in [3.8, 4) is 17.2 Å². The zero-order valence-electron chi connectivity index (χ0n) is 19.4. The van der Waals surface area contributed by atoms with Gasteiger partial charge in [-0.3, -0.25) is 4.98 Å². The predicted octanol–water partition coefficient (Wildman–Crippen LogP) is 3.75. The number of pyridine rings is 1. The minimum absolute atomic E-state index is 0.0217. The van der Waals surface area contributed by atoms with Crippen molar-refractivity contribution >= 4 is 17.3 Å². The van der Waals surface area contributed by atoms with Crippen molar-refractivity contribution in [2.24, 2.45) is 0 Å². The first kappa shape index (κ1) is 21.7. The number of benzene rings is 1. The molecule has 4 heterocycles. The molecule has 2 atom stereocenters. The Morgan fingerprint density at radius 1 is 1.12 bits per heavy atom. The molecule has 0 radical (unpaired) electrons. The lowest BCUT2D eigenvalue weighted by molar-refractivity contribution is 0.174. The summed E-state index contributed by atoms with van der Waals surface area (Å²) in [5.41, 5.74) is 5.63. The van der Waals surface area contributed by atoms with Crippen LogP contribution in [0.25, 0.3) is 5.69 Å². The van der Waals surface area contributed by atoms with Gasteiger partial charge in [0.2, 0.25) is 6.79 Å². The van der Waals surface area contributed by atoms with Crippen molar-refractivity contribution in [3.63, 3.8) is 0 Å². The van der Waals surface area contributed by atoms with Crippen LogP contribution >= 0.6 is 12.2 Å². The second-order valence-electron chi connectivity index (χ2n) is 8.82. The second kappa shape index (κ2) is 8.68. The van der Waals surface area contributed by atoms with Crippen molar-refractivity contribution in [2.75, 3.05) is 34.0 Å². The van der Waals surface area contributed by atoms with Crippen LogP contribution in [0.5, 0.6) is 11.5 Å². The fraction of sp³-hybridized carbons (Fsp3) is 0.360. The van der Waals surface area contributed by atoms with E-state index >= 15 is 0 Å². The summed E-state index contributed by atoms with van der Waals surface area (Å²) < 4.78 is 13.4. The maximum atomic E-state index is 5.81. The van der Waals surface area contributed by atoms with Gasteiger partial charge in [0.1, 0.15) is 0 Å². The summed E-state index contributed by atoms with van der Waals surface area (Å²) >= 11 is 5.81. The Kier molecular flexibility index (Phi) is 5.72. The van der Waals surface area contributed by atoms with Crippen molar-refractivity contribution in [3.05, 3.63) is 71.3 Å². The Labute approximate surface area is 199 Å². The van der Waals surface area contributed by atoms with Crippen LogP contribution in [0.3, 0.4) is 0 Å². The van der Waals surface area contributed by atoms with Gasteiger partial charge in [-0.1, -0.05) is 6.07 Å². The van der Waals surface area contributed by atoms with Crippen LogP contribution in [0.15, 0.2) is 48.7 Å². The van der Waals surface area contributed by atoms with Crippen LogP contribution in [0.2, 0.25) is 0 Å². The standard InChI is InChI=1S/C25H29N5O2S/c1-16-13-19(17(2)30(16)18-8-9-21-22(14-18)32-15-31-21)24-23(20-7-5-6-10-26-20)27-25(33)29(24)12-11-28(3)4/h5-10,13-14,23-24H,11-12,15H2,1-4H3,(H,27,33)/t23-,24+/m1/s1. The summed E-state index contributed by atoms with van der Waals surface area (Å²) in [6.45, 7) is 6.33. The van der Waals surface area contributed by atoms with Gasteiger partial charge in [0.25, 0.3) is 0 Å². The molecule has 33 heavy (non-hydrogen) atoms. The summed E-state index contributed by atoms with van der Waals surface area (Å²) in [6, 6.07) is 14.4. The van der Waals surface area contributed by atoms with Crippen LogP contribution < -0.4 is 14.8 Å². The number of aromatic nitrogens is 2. The molecule has 0 spiro atoms. The molecule has 2 aliphatic heterocycles. The van der Waals surface area contributed by atoms with Gasteiger partial charge in [-0.15, -0.1) is 0 Å². The fourth-order valence-electron chi connectivity index (χ4n) is 4.80. The summed E-state index contributed by atoms with van der Waals surface area (Å²) in [4.78, 5) is 9.15. The zero-order chi connectivity index (χ0) is 23.1. The number of ether oxygens (including phenoxy) is 2. The van der Waals surface area contributed by atoms with Crippen LogP contribution in [0, 0.1) is 13.8 Å². The van der Waals surface area contributed by atoms with Gasteiger partial charge in [-0.2, -0.15) is 0 Å². The number of thiocarbonyl (C=S) groups is 1. The molecular formula is C25H29N5O2S. The number of nitrogens with one attached hydrogen (secondary N) is 1. The molecule has 2 aromatic heterocycles. The van der Waals surface area contributed by atoms with E-state index in [-0.39, 0.29) is 18.9 Å². The van der Waals surface area contributed by atoms with E-state index < -0.39 is 0 Å². The van der Waals surface area contributed by atoms with Crippen molar-refractivity contribution in [1.29, 1.82) is 0 Å². The summed E-state index contributed by atoms with van der Waals surface area (Å²) in [7, 11) is 4.17. The average Bonchev–Trinajstić information content (AvgIpc) is 3.47. The van der Waals surface area contributed by atoms with Crippen molar-refractivity contribution in [1.82, 2.24) is 24.7 Å². The third kappa shape index (κ3) is 3.94. The molecule has 0 aliphatic carbocycles. The van der Waals surface area contributed by atoms with Crippen LogP contribution in [-0.2, 0) is 0 Å². The van der Waals surface area contributed by atoms with E-state index in [1.165, 1.54) is 11.3 Å². The second-order valence-corrected chi connectivity index (χ2v) is 9.21. The van der Waals surface area contributed by atoms with Gasteiger partial charge >= 0.3 is 0 Å². The van der Waals surface area contributed by atoms with Crippen LogP contribution in [-0.4, -0.2) is 58.4 Å². The van der Waals surface area contributed by atoms with Crippen LogP contribution in [0.4, 0.5) is 0 Å².